The number of hydrogen-bond acceptors (Lipinski definition) is 6. The molecule has 0 saturated heterocycles. The van der Waals surface area contributed by atoms with Gasteiger partial charge < -0.3 is 19.7 Å². The van der Waals surface area contributed by atoms with Crippen molar-refractivity contribution < 1.29 is 33.7 Å². The highest BCUT2D eigenvalue weighted by molar-refractivity contribution is 5.95. The third kappa shape index (κ3) is 7.47. The molecule has 0 aliphatic rings. The molecule has 3 aromatic rings. The Morgan fingerprint density at radius 2 is 1.86 bits per heavy atom. The van der Waals surface area contributed by atoms with Crippen molar-refractivity contribution in [2.24, 2.45) is 0 Å². The van der Waals surface area contributed by atoms with E-state index in [2.05, 4.69) is 4.98 Å². The maximum Gasteiger partial charge on any atom is 0.310 e. The minimum absolute atomic E-state index is 0.0309. The van der Waals surface area contributed by atoms with Gasteiger partial charge in [0.15, 0.2) is 11.5 Å². The van der Waals surface area contributed by atoms with Crippen LogP contribution in [0.15, 0.2) is 60.8 Å². The SMILES string of the molecule is COc1cc(C(C)C)c(C=CC(O)CC(=O)CC(=O)O)c(-c2ccc(F)cc2)c1OCc1ccccn1. The van der Waals surface area contributed by atoms with Gasteiger partial charge in [-0.3, -0.25) is 14.6 Å². The summed E-state index contributed by atoms with van der Waals surface area (Å²) >= 11 is 0. The number of benzene rings is 2. The van der Waals surface area contributed by atoms with Crippen molar-refractivity contribution in [2.45, 2.75) is 45.3 Å². The van der Waals surface area contributed by atoms with Crippen LogP contribution in [0, 0.1) is 5.82 Å². The lowest BCUT2D eigenvalue weighted by Gasteiger charge is -2.22. The number of pyridine rings is 1. The van der Waals surface area contributed by atoms with Crippen molar-refractivity contribution in [1.29, 1.82) is 0 Å². The van der Waals surface area contributed by atoms with Crippen LogP contribution >= 0.6 is 0 Å². The van der Waals surface area contributed by atoms with E-state index in [-0.39, 0.29) is 18.9 Å². The minimum Gasteiger partial charge on any atom is -0.493 e. The smallest absolute Gasteiger partial charge is 0.310 e. The number of aliphatic carboxylic acids is 1. The molecule has 7 nitrogen and oxygen atoms in total. The van der Waals surface area contributed by atoms with Gasteiger partial charge in [0, 0.05) is 18.2 Å². The molecule has 1 atom stereocenters. The Balaban J connectivity index is 2.14. The minimum atomic E-state index is -1.24. The number of ketones is 1. The van der Waals surface area contributed by atoms with E-state index in [1.54, 1.807) is 30.5 Å². The monoisotopic (exact) mass is 507 g/mol. The number of aliphatic hydroxyl groups excluding tert-OH is 1. The van der Waals surface area contributed by atoms with Crippen molar-refractivity contribution in [2.75, 3.05) is 7.11 Å². The number of carbonyl (C=O) groups is 2. The van der Waals surface area contributed by atoms with Crippen LogP contribution < -0.4 is 9.47 Å². The van der Waals surface area contributed by atoms with Crippen molar-refractivity contribution in [3.05, 3.63) is 83.4 Å². The van der Waals surface area contributed by atoms with Gasteiger partial charge in [-0.1, -0.05) is 44.2 Å². The number of ether oxygens (including phenoxy) is 2. The van der Waals surface area contributed by atoms with Crippen LogP contribution in [0.5, 0.6) is 11.5 Å². The van der Waals surface area contributed by atoms with Crippen LogP contribution in [0.4, 0.5) is 4.39 Å². The summed E-state index contributed by atoms with van der Waals surface area (Å²) in [6.07, 6.45) is 2.62. The van der Waals surface area contributed by atoms with E-state index in [0.717, 1.165) is 5.56 Å². The number of carbonyl (C=O) groups excluding carboxylic acids is 1. The second-order valence-corrected chi connectivity index (χ2v) is 8.80. The van der Waals surface area contributed by atoms with Crippen molar-refractivity contribution in [3.8, 4) is 22.6 Å². The van der Waals surface area contributed by atoms with Crippen LogP contribution in [0.3, 0.4) is 0 Å². The standard InChI is InChI=1S/C29H30FNO6/c1-18(2)25-16-26(36-3)29(37-17-21-6-4-5-13-31-21)28(19-7-9-20(30)10-8-19)24(25)12-11-22(32)14-23(33)15-27(34)35/h4-13,16,18,22,32H,14-15,17H2,1-3H3,(H,34,35). The number of aliphatic hydroxyl groups is 1. The molecule has 0 bridgehead atoms. The quantitative estimate of drug-likeness (QED) is 0.316. The summed E-state index contributed by atoms with van der Waals surface area (Å²) in [7, 11) is 1.54. The lowest BCUT2D eigenvalue weighted by atomic mass is 9.88. The molecule has 2 aromatic carbocycles. The Hall–Kier alpha value is -4.04. The zero-order valence-corrected chi connectivity index (χ0v) is 21.0. The molecular weight excluding hydrogens is 477 g/mol. The Bertz CT molecular complexity index is 1260. The molecule has 8 heteroatoms. The molecule has 1 unspecified atom stereocenters. The molecule has 194 valence electrons. The van der Waals surface area contributed by atoms with Crippen molar-refractivity contribution in [1.82, 2.24) is 4.98 Å². The second kappa shape index (κ2) is 12.8. The number of halogens is 1. The third-order valence-electron chi connectivity index (χ3n) is 5.65. The van der Waals surface area contributed by atoms with E-state index in [9.17, 15) is 19.1 Å². The van der Waals surface area contributed by atoms with Gasteiger partial charge in [0.25, 0.3) is 0 Å². The fraction of sp³-hybridized carbons (Fsp3) is 0.276. The fourth-order valence-electron chi connectivity index (χ4n) is 3.91. The van der Waals surface area contributed by atoms with Gasteiger partial charge in [-0.25, -0.2) is 4.39 Å². The predicted octanol–water partition coefficient (Wildman–Crippen LogP) is 5.41. The molecule has 0 saturated carbocycles. The van der Waals surface area contributed by atoms with E-state index < -0.39 is 30.1 Å². The number of carboxylic acid groups (broad SMARTS) is 1. The molecular formula is C29H30FNO6. The average Bonchev–Trinajstić information content (AvgIpc) is 2.86. The number of rotatable bonds is 12. The van der Waals surface area contributed by atoms with E-state index in [4.69, 9.17) is 14.6 Å². The Kier molecular flexibility index (Phi) is 9.51. The lowest BCUT2D eigenvalue weighted by Crippen LogP contribution is -2.14. The maximum atomic E-state index is 13.8. The normalized spacial score (nSPS) is 12.1. The third-order valence-corrected chi connectivity index (χ3v) is 5.65. The maximum absolute atomic E-state index is 13.8. The van der Waals surface area contributed by atoms with Gasteiger partial charge >= 0.3 is 5.97 Å². The van der Waals surface area contributed by atoms with E-state index in [0.29, 0.717) is 33.9 Å². The van der Waals surface area contributed by atoms with Gasteiger partial charge in [-0.2, -0.15) is 0 Å². The molecule has 1 heterocycles. The largest absolute Gasteiger partial charge is 0.493 e. The zero-order valence-electron chi connectivity index (χ0n) is 21.0. The molecule has 0 spiro atoms. The fourth-order valence-corrected chi connectivity index (χ4v) is 3.91. The highest BCUT2D eigenvalue weighted by Gasteiger charge is 2.23. The summed E-state index contributed by atoms with van der Waals surface area (Å²) in [6, 6.07) is 13.3. The number of Topliss-reactive ketones (excluding diaryl/α,β-unsaturated/α-hetero) is 1. The van der Waals surface area contributed by atoms with Gasteiger partial charge in [-0.15, -0.1) is 0 Å². The summed E-state index contributed by atoms with van der Waals surface area (Å²) in [5, 5.41) is 19.2. The highest BCUT2D eigenvalue weighted by atomic mass is 19.1. The van der Waals surface area contributed by atoms with E-state index in [1.165, 1.54) is 25.3 Å². The summed E-state index contributed by atoms with van der Waals surface area (Å²) in [4.78, 5) is 27.0. The molecule has 0 aliphatic heterocycles. The Morgan fingerprint density at radius 1 is 1.14 bits per heavy atom. The second-order valence-electron chi connectivity index (χ2n) is 8.80. The summed E-state index contributed by atoms with van der Waals surface area (Å²) in [5.41, 5.74) is 3.56. The Morgan fingerprint density at radius 3 is 2.46 bits per heavy atom. The van der Waals surface area contributed by atoms with Crippen molar-refractivity contribution >= 4 is 17.8 Å². The van der Waals surface area contributed by atoms with Gasteiger partial charge in [-0.05, 0) is 52.9 Å². The first-order valence-electron chi connectivity index (χ1n) is 11.8. The number of hydrogen-bond donors (Lipinski definition) is 2. The first kappa shape index (κ1) is 27.5. The first-order valence-corrected chi connectivity index (χ1v) is 11.8. The summed E-state index contributed by atoms with van der Waals surface area (Å²) < 4.78 is 25.7. The topological polar surface area (TPSA) is 106 Å². The average molecular weight is 508 g/mol. The molecule has 0 fully saturated rings. The molecule has 37 heavy (non-hydrogen) atoms. The van der Waals surface area contributed by atoms with E-state index >= 15 is 0 Å². The summed E-state index contributed by atoms with van der Waals surface area (Å²) in [6.45, 7) is 4.16. The van der Waals surface area contributed by atoms with Gasteiger partial charge in [0.2, 0.25) is 0 Å². The zero-order chi connectivity index (χ0) is 26.9. The number of carboxylic acids is 1. The van der Waals surface area contributed by atoms with Gasteiger partial charge in [0.05, 0.1) is 18.9 Å². The van der Waals surface area contributed by atoms with Crippen LogP contribution in [0.1, 0.15) is 49.4 Å². The first-order chi connectivity index (χ1) is 17.7. The van der Waals surface area contributed by atoms with Gasteiger partial charge in [0.1, 0.15) is 24.6 Å². The lowest BCUT2D eigenvalue weighted by molar-refractivity contribution is -0.140. The van der Waals surface area contributed by atoms with Crippen LogP contribution in [0.25, 0.3) is 17.2 Å². The highest BCUT2D eigenvalue weighted by Crippen LogP contribution is 2.45. The number of nitrogens with zero attached hydrogens (tertiary/aromatic N) is 1. The Labute approximate surface area is 215 Å². The number of methoxy groups -OCH3 is 1. The number of aromatic nitrogens is 1. The van der Waals surface area contributed by atoms with Crippen LogP contribution in [-0.2, 0) is 16.2 Å². The predicted molar refractivity (Wildman–Crippen MR) is 138 cm³/mol. The molecule has 2 N–H and O–H groups in total. The van der Waals surface area contributed by atoms with E-state index in [1.807, 2.05) is 32.0 Å². The molecule has 0 radical (unpaired) electrons. The molecule has 1 aromatic heterocycles. The van der Waals surface area contributed by atoms with Crippen molar-refractivity contribution in [3.63, 3.8) is 0 Å². The van der Waals surface area contributed by atoms with Crippen LogP contribution in [-0.4, -0.2) is 40.2 Å². The molecule has 3 rings (SSSR count). The summed E-state index contributed by atoms with van der Waals surface area (Å²) in [5.74, 6) is -1.29. The molecule has 0 aliphatic carbocycles. The molecule has 0 amide bonds. The van der Waals surface area contributed by atoms with Crippen LogP contribution in [0.2, 0.25) is 0 Å².